The van der Waals surface area contributed by atoms with Crippen molar-refractivity contribution >= 4 is 11.7 Å². The lowest BCUT2D eigenvalue weighted by molar-refractivity contribution is 0.0572. The number of nitrogens with two attached hydrogens (primary N) is 1. The van der Waals surface area contributed by atoms with E-state index in [1.54, 1.807) is 11.0 Å². The molecule has 2 rings (SSSR count). The minimum atomic E-state index is -0.780. The van der Waals surface area contributed by atoms with Gasteiger partial charge in [-0.15, -0.1) is 10.2 Å². The summed E-state index contributed by atoms with van der Waals surface area (Å²) in [4.78, 5) is 12.5. The molecule has 1 aromatic rings. The second-order valence-electron chi connectivity index (χ2n) is 3.68. The van der Waals surface area contributed by atoms with Crippen molar-refractivity contribution in [2.24, 2.45) is 5.73 Å². The van der Waals surface area contributed by atoms with Gasteiger partial charge in [0.05, 0.1) is 12.2 Å². The summed E-state index contributed by atoms with van der Waals surface area (Å²) in [7, 11) is 0. The van der Waals surface area contributed by atoms with Crippen molar-refractivity contribution in [2.45, 2.75) is 12.2 Å². The van der Waals surface area contributed by atoms with E-state index in [1.807, 2.05) is 0 Å². The maximum absolute atomic E-state index is 10.8. The van der Waals surface area contributed by atoms with E-state index in [-0.39, 0.29) is 5.69 Å². The Hall–Kier alpha value is -1.73. The van der Waals surface area contributed by atoms with E-state index in [1.165, 1.54) is 6.07 Å². The van der Waals surface area contributed by atoms with Gasteiger partial charge in [0.1, 0.15) is 0 Å². The molecule has 16 heavy (non-hydrogen) atoms. The molecule has 86 valence electrons. The third-order valence-electron chi connectivity index (χ3n) is 2.49. The van der Waals surface area contributed by atoms with Crippen molar-refractivity contribution in [3.8, 4) is 0 Å². The summed E-state index contributed by atoms with van der Waals surface area (Å²) < 4.78 is 0. The van der Waals surface area contributed by atoms with Crippen molar-refractivity contribution in [3.05, 3.63) is 17.8 Å². The van der Waals surface area contributed by atoms with Gasteiger partial charge in [0, 0.05) is 13.1 Å². The minimum absolute atomic E-state index is 0.0871. The van der Waals surface area contributed by atoms with E-state index in [2.05, 4.69) is 10.2 Å². The molecule has 1 aromatic heterocycles. The van der Waals surface area contributed by atoms with Crippen molar-refractivity contribution < 1.29 is 15.0 Å². The molecule has 2 unspecified atom stereocenters. The van der Waals surface area contributed by atoms with Crippen molar-refractivity contribution in [2.75, 3.05) is 18.0 Å². The molecule has 2 atom stereocenters. The summed E-state index contributed by atoms with van der Waals surface area (Å²) in [5.74, 6) is -0.138. The first-order chi connectivity index (χ1) is 7.58. The number of hydrogen-bond donors (Lipinski definition) is 3. The van der Waals surface area contributed by atoms with Crippen LogP contribution < -0.4 is 10.6 Å². The Morgan fingerprint density at radius 2 is 1.94 bits per heavy atom. The van der Waals surface area contributed by atoms with Crippen LogP contribution in [0, 0.1) is 0 Å². The summed E-state index contributed by atoms with van der Waals surface area (Å²) in [6, 6.07) is 3.04. The highest BCUT2D eigenvalue weighted by molar-refractivity contribution is 5.90. The number of nitrogens with zero attached hydrogens (tertiary/aromatic N) is 3. The number of primary amides is 1. The van der Waals surface area contributed by atoms with E-state index in [0.717, 1.165) is 0 Å². The van der Waals surface area contributed by atoms with Crippen LogP contribution in [0.25, 0.3) is 0 Å². The van der Waals surface area contributed by atoms with Gasteiger partial charge < -0.3 is 20.8 Å². The van der Waals surface area contributed by atoms with Gasteiger partial charge >= 0.3 is 0 Å². The first kappa shape index (κ1) is 10.8. The second kappa shape index (κ2) is 4.03. The quantitative estimate of drug-likeness (QED) is 0.541. The molecule has 4 N–H and O–H groups in total. The number of carbonyl (C=O) groups is 1. The Bertz CT molecular complexity index is 384. The zero-order valence-corrected chi connectivity index (χ0v) is 8.45. The van der Waals surface area contributed by atoms with Crippen LogP contribution >= 0.6 is 0 Å². The Labute approximate surface area is 91.5 Å². The van der Waals surface area contributed by atoms with Crippen LogP contribution in [0.2, 0.25) is 0 Å². The Kier molecular flexibility index (Phi) is 2.71. The third kappa shape index (κ3) is 1.95. The number of amides is 1. The Balaban J connectivity index is 2.14. The van der Waals surface area contributed by atoms with Crippen molar-refractivity contribution in [1.29, 1.82) is 0 Å². The van der Waals surface area contributed by atoms with Gasteiger partial charge in [-0.05, 0) is 12.1 Å². The maximum Gasteiger partial charge on any atom is 0.269 e. The number of aliphatic hydroxyl groups is 2. The third-order valence-corrected chi connectivity index (χ3v) is 2.49. The first-order valence-electron chi connectivity index (χ1n) is 4.82. The number of carbonyl (C=O) groups excluding carboxylic acids is 1. The predicted octanol–water partition coefficient (Wildman–Crippen LogP) is -1.88. The first-order valence-corrected chi connectivity index (χ1v) is 4.82. The van der Waals surface area contributed by atoms with E-state index in [4.69, 9.17) is 5.73 Å². The van der Waals surface area contributed by atoms with Crippen LogP contribution in [0.5, 0.6) is 0 Å². The maximum atomic E-state index is 10.8. The van der Waals surface area contributed by atoms with E-state index >= 15 is 0 Å². The molecule has 0 aromatic carbocycles. The number of β-amino-alcohol motifs (C(OH)–C–C–N with tert-alkyl or cyclic N) is 2. The summed E-state index contributed by atoms with van der Waals surface area (Å²) in [6.45, 7) is 0.595. The molecule has 0 spiro atoms. The SMILES string of the molecule is NC(=O)c1ccc(N2CC(O)C(O)C2)nn1. The number of rotatable bonds is 2. The van der Waals surface area contributed by atoms with Crippen LogP contribution in [0.3, 0.4) is 0 Å². The van der Waals surface area contributed by atoms with Gasteiger partial charge in [-0.25, -0.2) is 0 Å². The molecule has 7 heteroatoms. The predicted molar refractivity (Wildman–Crippen MR) is 54.8 cm³/mol. The molecule has 0 saturated carbocycles. The number of aliphatic hydroxyl groups excluding tert-OH is 2. The normalized spacial score (nSPS) is 24.8. The summed E-state index contributed by atoms with van der Waals surface area (Å²) in [5.41, 5.74) is 5.11. The van der Waals surface area contributed by atoms with E-state index in [9.17, 15) is 15.0 Å². The lowest BCUT2D eigenvalue weighted by Gasteiger charge is -2.15. The molecule has 1 aliphatic rings. The molecule has 1 saturated heterocycles. The average molecular weight is 224 g/mol. The number of anilines is 1. The summed E-state index contributed by atoms with van der Waals surface area (Å²) in [6.07, 6.45) is -1.56. The molecule has 0 bridgehead atoms. The van der Waals surface area contributed by atoms with Crippen molar-refractivity contribution in [1.82, 2.24) is 10.2 Å². The van der Waals surface area contributed by atoms with Gasteiger partial charge in [-0.3, -0.25) is 4.79 Å². The fraction of sp³-hybridized carbons (Fsp3) is 0.444. The van der Waals surface area contributed by atoms with Crippen LogP contribution in [-0.4, -0.2) is 51.6 Å². The minimum Gasteiger partial charge on any atom is -0.389 e. The Morgan fingerprint density at radius 1 is 1.31 bits per heavy atom. The molecule has 7 nitrogen and oxygen atoms in total. The molecule has 0 radical (unpaired) electrons. The number of aromatic nitrogens is 2. The van der Waals surface area contributed by atoms with Gasteiger partial charge in [-0.2, -0.15) is 0 Å². The monoisotopic (exact) mass is 224 g/mol. The van der Waals surface area contributed by atoms with Crippen LogP contribution in [0.15, 0.2) is 12.1 Å². The molecule has 1 aliphatic heterocycles. The molecule has 0 aliphatic carbocycles. The molecule has 1 amide bonds. The average Bonchev–Trinajstić information content (AvgIpc) is 2.59. The fourth-order valence-corrected chi connectivity index (χ4v) is 1.58. The van der Waals surface area contributed by atoms with E-state index in [0.29, 0.717) is 18.9 Å². The lowest BCUT2D eigenvalue weighted by atomic mass is 10.3. The summed E-state index contributed by atoms with van der Waals surface area (Å²) in [5, 5.41) is 26.2. The highest BCUT2D eigenvalue weighted by Gasteiger charge is 2.30. The molecule has 2 heterocycles. The van der Waals surface area contributed by atoms with Gasteiger partial charge in [0.2, 0.25) is 0 Å². The lowest BCUT2D eigenvalue weighted by Crippen LogP contribution is -2.23. The highest BCUT2D eigenvalue weighted by Crippen LogP contribution is 2.17. The van der Waals surface area contributed by atoms with Gasteiger partial charge in [0.15, 0.2) is 11.5 Å². The zero-order chi connectivity index (χ0) is 11.7. The summed E-state index contributed by atoms with van der Waals surface area (Å²) >= 11 is 0. The Morgan fingerprint density at radius 3 is 2.38 bits per heavy atom. The van der Waals surface area contributed by atoms with Gasteiger partial charge in [0.25, 0.3) is 5.91 Å². The highest BCUT2D eigenvalue weighted by atomic mass is 16.3. The molecular weight excluding hydrogens is 212 g/mol. The smallest absolute Gasteiger partial charge is 0.269 e. The topological polar surface area (TPSA) is 113 Å². The molecule has 1 fully saturated rings. The standard InChI is InChI=1S/C9H12N4O3/c10-9(16)5-1-2-8(12-11-5)13-3-6(14)7(15)4-13/h1-2,6-7,14-15H,3-4H2,(H2,10,16). The van der Waals surface area contributed by atoms with Crippen LogP contribution in [-0.2, 0) is 0 Å². The van der Waals surface area contributed by atoms with Gasteiger partial charge in [-0.1, -0.05) is 0 Å². The largest absolute Gasteiger partial charge is 0.389 e. The molecular formula is C9H12N4O3. The van der Waals surface area contributed by atoms with Crippen molar-refractivity contribution in [3.63, 3.8) is 0 Å². The van der Waals surface area contributed by atoms with Crippen LogP contribution in [0.4, 0.5) is 5.82 Å². The number of hydrogen-bond acceptors (Lipinski definition) is 6. The van der Waals surface area contributed by atoms with E-state index < -0.39 is 18.1 Å². The van der Waals surface area contributed by atoms with Crippen LogP contribution in [0.1, 0.15) is 10.5 Å². The zero-order valence-electron chi connectivity index (χ0n) is 8.45. The second-order valence-corrected chi connectivity index (χ2v) is 3.68. The fourth-order valence-electron chi connectivity index (χ4n) is 1.58.